The number of amides is 1. The molecular weight excluding hydrogens is 286 g/mol. The van der Waals surface area contributed by atoms with Crippen molar-refractivity contribution in [1.29, 1.82) is 0 Å². The van der Waals surface area contributed by atoms with Crippen LogP contribution in [0.5, 0.6) is 0 Å². The molecular formula is C19H27N3O. The zero-order valence-corrected chi connectivity index (χ0v) is 13.9. The van der Waals surface area contributed by atoms with E-state index in [4.69, 9.17) is 5.73 Å². The van der Waals surface area contributed by atoms with Gasteiger partial charge in [-0.05, 0) is 80.8 Å². The first-order chi connectivity index (χ1) is 11.0. The molecule has 124 valence electrons. The molecule has 1 atom stereocenters. The van der Waals surface area contributed by atoms with Crippen LogP contribution in [0, 0.1) is 23.2 Å². The molecule has 4 saturated carbocycles. The molecule has 0 spiro atoms. The SMILES string of the molecule is CC(NC(=O)Cc1ccc(N)cn1)C12CC3CC(CC(C3)C1)C2. The molecule has 3 N–H and O–H groups in total. The molecule has 1 unspecified atom stereocenters. The molecule has 0 aromatic carbocycles. The predicted molar refractivity (Wildman–Crippen MR) is 90.6 cm³/mol. The maximum Gasteiger partial charge on any atom is 0.226 e. The van der Waals surface area contributed by atoms with E-state index in [-0.39, 0.29) is 11.9 Å². The molecule has 4 heteroatoms. The Labute approximate surface area is 138 Å². The zero-order valence-electron chi connectivity index (χ0n) is 13.9. The number of pyridine rings is 1. The van der Waals surface area contributed by atoms with E-state index in [0.29, 0.717) is 17.5 Å². The van der Waals surface area contributed by atoms with Gasteiger partial charge in [0, 0.05) is 11.7 Å². The van der Waals surface area contributed by atoms with Crippen LogP contribution in [0.15, 0.2) is 18.3 Å². The van der Waals surface area contributed by atoms with E-state index in [1.54, 1.807) is 12.3 Å². The van der Waals surface area contributed by atoms with Gasteiger partial charge in [-0.1, -0.05) is 0 Å². The van der Waals surface area contributed by atoms with E-state index in [9.17, 15) is 4.79 Å². The van der Waals surface area contributed by atoms with Crippen LogP contribution < -0.4 is 11.1 Å². The summed E-state index contributed by atoms with van der Waals surface area (Å²) in [6, 6.07) is 3.92. The van der Waals surface area contributed by atoms with E-state index in [1.165, 1.54) is 38.5 Å². The Balaban J connectivity index is 1.40. The number of hydrogen-bond donors (Lipinski definition) is 2. The van der Waals surface area contributed by atoms with Gasteiger partial charge in [-0.3, -0.25) is 9.78 Å². The van der Waals surface area contributed by atoms with Crippen LogP contribution in [0.4, 0.5) is 5.69 Å². The van der Waals surface area contributed by atoms with Gasteiger partial charge in [-0.25, -0.2) is 0 Å². The lowest BCUT2D eigenvalue weighted by Gasteiger charge is -2.59. The second-order valence-electron chi connectivity index (χ2n) is 8.33. The summed E-state index contributed by atoms with van der Waals surface area (Å²) >= 11 is 0. The number of nitrogens with two attached hydrogens (primary N) is 1. The van der Waals surface area contributed by atoms with Crippen molar-refractivity contribution in [3.05, 3.63) is 24.0 Å². The number of hydrogen-bond acceptors (Lipinski definition) is 3. The first-order valence-corrected chi connectivity index (χ1v) is 9.02. The van der Waals surface area contributed by atoms with Gasteiger partial charge in [0.05, 0.1) is 18.3 Å². The molecule has 4 bridgehead atoms. The second-order valence-corrected chi connectivity index (χ2v) is 8.33. The minimum absolute atomic E-state index is 0.0884. The number of rotatable bonds is 4. The minimum atomic E-state index is 0.0884. The monoisotopic (exact) mass is 313 g/mol. The van der Waals surface area contributed by atoms with E-state index >= 15 is 0 Å². The molecule has 0 radical (unpaired) electrons. The lowest BCUT2D eigenvalue weighted by Crippen LogP contribution is -2.56. The van der Waals surface area contributed by atoms with Crippen LogP contribution in [0.25, 0.3) is 0 Å². The summed E-state index contributed by atoms with van der Waals surface area (Å²) in [7, 11) is 0. The Hall–Kier alpha value is -1.58. The number of aromatic nitrogens is 1. The van der Waals surface area contributed by atoms with E-state index in [2.05, 4.69) is 17.2 Å². The molecule has 4 fully saturated rings. The van der Waals surface area contributed by atoms with Crippen LogP contribution in [-0.2, 0) is 11.2 Å². The van der Waals surface area contributed by atoms with Crippen LogP contribution >= 0.6 is 0 Å². The van der Waals surface area contributed by atoms with Crippen molar-refractivity contribution in [3.63, 3.8) is 0 Å². The van der Waals surface area contributed by atoms with Crippen molar-refractivity contribution in [2.24, 2.45) is 23.2 Å². The average Bonchev–Trinajstić information content (AvgIpc) is 2.48. The maximum absolute atomic E-state index is 12.4. The van der Waals surface area contributed by atoms with Crippen LogP contribution in [0.3, 0.4) is 0 Å². The Morgan fingerprint density at radius 1 is 1.26 bits per heavy atom. The van der Waals surface area contributed by atoms with E-state index in [0.717, 1.165) is 23.4 Å². The summed E-state index contributed by atoms with van der Waals surface area (Å²) in [5.41, 5.74) is 7.43. The van der Waals surface area contributed by atoms with E-state index in [1.807, 2.05) is 6.07 Å². The third-order valence-electron chi connectivity index (χ3n) is 6.57. The lowest BCUT2D eigenvalue weighted by atomic mass is 9.48. The number of carbonyl (C=O) groups excluding carboxylic acids is 1. The van der Waals surface area contributed by atoms with Crippen molar-refractivity contribution in [2.45, 2.75) is 57.9 Å². The standard InChI is InChI=1S/C19H27N3O/c1-12(22-18(23)7-17-3-2-16(20)11-21-17)19-8-13-4-14(9-19)6-15(5-13)10-19/h2-3,11-15H,4-10,20H2,1H3,(H,22,23). The number of nitrogen functional groups attached to an aromatic ring is 1. The van der Waals surface area contributed by atoms with Crippen molar-refractivity contribution in [1.82, 2.24) is 10.3 Å². The minimum Gasteiger partial charge on any atom is -0.397 e. The number of nitrogens with zero attached hydrogens (tertiary/aromatic N) is 1. The highest BCUT2D eigenvalue weighted by atomic mass is 16.1. The largest absolute Gasteiger partial charge is 0.397 e. The topological polar surface area (TPSA) is 68.0 Å². The number of anilines is 1. The Morgan fingerprint density at radius 3 is 2.39 bits per heavy atom. The summed E-state index contributed by atoms with van der Waals surface area (Å²) in [4.78, 5) is 16.7. The molecule has 1 aromatic rings. The fourth-order valence-electron chi connectivity index (χ4n) is 5.86. The normalized spacial score (nSPS) is 36.0. The van der Waals surface area contributed by atoms with Crippen molar-refractivity contribution >= 4 is 11.6 Å². The summed E-state index contributed by atoms with van der Waals surface area (Å²) in [6.07, 6.45) is 10.2. The van der Waals surface area contributed by atoms with Crippen LogP contribution in [-0.4, -0.2) is 16.9 Å². The Bertz CT molecular complexity index is 560. The van der Waals surface area contributed by atoms with Gasteiger partial charge in [0.2, 0.25) is 5.91 Å². The van der Waals surface area contributed by atoms with Crippen LogP contribution in [0.1, 0.15) is 51.1 Å². The molecule has 4 aliphatic rings. The quantitative estimate of drug-likeness (QED) is 0.898. The molecule has 1 amide bonds. The highest BCUT2D eigenvalue weighted by Crippen LogP contribution is 2.61. The Morgan fingerprint density at radius 2 is 1.87 bits per heavy atom. The van der Waals surface area contributed by atoms with Gasteiger partial charge >= 0.3 is 0 Å². The molecule has 23 heavy (non-hydrogen) atoms. The highest BCUT2D eigenvalue weighted by Gasteiger charge is 2.53. The fourth-order valence-corrected chi connectivity index (χ4v) is 5.86. The lowest BCUT2D eigenvalue weighted by molar-refractivity contribution is -0.125. The van der Waals surface area contributed by atoms with Gasteiger partial charge in [0.25, 0.3) is 0 Å². The molecule has 0 saturated heterocycles. The van der Waals surface area contributed by atoms with Crippen molar-refractivity contribution < 1.29 is 4.79 Å². The molecule has 4 aliphatic carbocycles. The second kappa shape index (κ2) is 5.50. The first kappa shape index (κ1) is 15.0. The third kappa shape index (κ3) is 2.84. The third-order valence-corrected chi connectivity index (χ3v) is 6.57. The van der Waals surface area contributed by atoms with E-state index < -0.39 is 0 Å². The van der Waals surface area contributed by atoms with Gasteiger partial charge < -0.3 is 11.1 Å². The van der Waals surface area contributed by atoms with Crippen molar-refractivity contribution in [2.75, 3.05) is 5.73 Å². The fraction of sp³-hybridized carbons (Fsp3) is 0.684. The molecule has 0 aliphatic heterocycles. The number of carbonyl (C=O) groups is 1. The molecule has 4 nitrogen and oxygen atoms in total. The maximum atomic E-state index is 12.4. The number of nitrogens with one attached hydrogen (secondary N) is 1. The first-order valence-electron chi connectivity index (χ1n) is 9.02. The highest BCUT2D eigenvalue weighted by molar-refractivity contribution is 5.78. The summed E-state index contributed by atoms with van der Waals surface area (Å²) in [5, 5.41) is 3.29. The Kier molecular flexibility index (Phi) is 3.58. The van der Waals surface area contributed by atoms with Gasteiger partial charge in [0.15, 0.2) is 0 Å². The van der Waals surface area contributed by atoms with Crippen LogP contribution in [0.2, 0.25) is 0 Å². The molecule has 1 aromatic heterocycles. The van der Waals surface area contributed by atoms with Crippen molar-refractivity contribution in [3.8, 4) is 0 Å². The predicted octanol–water partition coefficient (Wildman–Crippen LogP) is 2.93. The molecule has 5 rings (SSSR count). The molecule has 1 heterocycles. The zero-order chi connectivity index (χ0) is 16.0. The summed E-state index contributed by atoms with van der Waals surface area (Å²) in [6.45, 7) is 2.22. The van der Waals surface area contributed by atoms with Gasteiger partial charge in [-0.15, -0.1) is 0 Å². The smallest absolute Gasteiger partial charge is 0.226 e. The van der Waals surface area contributed by atoms with Gasteiger partial charge in [-0.2, -0.15) is 0 Å². The summed E-state index contributed by atoms with van der Waals surface area (Å²) in [5.74, 6) is 2.84. The summed E-state index contributed by atoms with van der Waals surface area (Å²) < 4.78 is 0. The average molecular weight is 313 g/mol. The van der Waals surface area contributed by atoms with Gasteiger partial charge in [0.1, 0.15) is 0 Å².